The monoisotopic (exact) mass is 299 g/mol. The molecule has 0 radical (unpaired) electrons. The molecule has 0 spiro atoms. The van der Waals surface area contributed by atoms with E-state index in [-0.39, 0.29) is 24.4 Å². The normalized spacial score (nSPS) is 10.5. The number of urea groups is 1. The predicted molar refractivity (Wildman–Crippen MR) is 88.9 cm³/mol. The van der Waals surface area contributed by atoms with E-state index in [2.05, 4.69) is 16.0 Å². The van der Waals surface area contributed by atoms with Crippen molar-refractivity contribution in [1.29, 1.82) is 0 Å². The first-order chi connectivity index (χ1) is 10.6. The van der Waals surface area contributed by atoms with Gasteiger partial charge in [0.2, 0.25) is 5.91 Å². The van der Waals surface area contributed by atoms with E-state index >= 15 is 0 Å². The lowest BCUT2D eigenvalue weighted by Crippen LogP contribution is -2.35. The molecule has 2 aromatic rings. The summed E-state index contributed by atoms with van der Waals surface area (Å²) in [5.41, 5.74) is 0.752. The van der Waals surface area contributed by atoms with Crippen molar-refractivity contribution in [2.75, 3.05) is 11.9 Å². The molecule has 0 unspecified atom stereocenters. The van der Waals surface area contributed by atoms with Crippen molar-refractivity contribution in [3.8, 4) is 0 Å². The Labute approximate surface area is 130 Å². The zero-order valence-electron chi connectivity index (χ0n) is 12.8. The zero-order valence-corrected chi connectivity index (χ0v) is 12.8. The predicted octanol–water partition coefficient (Wildman–Crippen LogP) is 2.88. The van der Waals surface area contributed by atoms with Gasteiger partial charge in [0.1, 0.15) is 0 Å². The SMILES string of the molecule is CC(C)NC(=O)CCNC(=O)Nc1cccc2ccccc12. The Bertz CT molecular complexity index is 663. The van der Waals surface area contributed by atoms with E-state index in [9.17, 15) is 9.59 Å². The van der Waals surface area contributed by atoms with Gasteiger partial charge in [-0.1, -0.05) is 36.4 Å². The van der Waals surface area contributed by atoms with Crippen molar-refractivity contribution in [2.45, 2.75) is 26.3 Å². The van der Waals surface area contributed by atoms with E-state index in [1.165, 1.54) is 0 Å². The number of hydrogen-bond donors (Lipinski definition) is 3. The molecular weight excluding hydrogens is 278 g/mol. The molecule has 3 N–H and O–H groups in total. The van der Waals surface area contributed by atoms with Gasteiger partial charge in [-0.05, 0) is 25.3 Å². The maximum absolute atomic E-state index is 11.9. The van der Waals surface area contributed by atoms with Crippen LogP contribution in [0, 0.1) is 0 Å². The highest BCUT2D eigenvalue weighted by molar-refractivity contribution is 6.01. The Morgan fingerprint density at radius 1 is 1.05 bits per heavy atom. The van der Waals surface area contributed by atoms with Gasteiger partial charge in [0.05, 0.1) is 5.69 Å². The van der Waals surface area contributed by atoms with Crippen LogP contribution in [0.4, 0.5) is 10.5 Å². The Balaban J connectivity index is 1.88. The van der Waals surface area contributed by atoms with Crippen LogP contribution in [0.2, 0.25) is 0 Å². The molecule has 116 valence electrons. The van der Waals surface area contributed by atoms with Gasteiger partial charge in [0.15, 0.2) is 0 Å². The van der Waals surface area contributed by atoms with Crippen molar-refractivity contribution in [3.63, 3.8) is 0 Å². The minimum absolute atomic E-state index is 0.0690. The molecule has 5 nitrogen and oxygen atoms in total. The summed E-state index contributed by atoms with van der Waals surface area (Å²) in [4.78, 5) is 23.4. The van der Waals surface area contributed by atoms with Crippen LogP contribution in [-0.2, 0) is 4.79 Å². The largest absolute Gasteiger partial charge is 0.354 e. The lowest BCUT2D eigenvalue weighted by Gasteiger charge is -2.11. The van der Waals surface area contributed by atoms with Gasteiger partial charge in [0, 0.05) is 24.4 Å². The average molecular weight is 299 g/mol. The summed E-state index contributed by atoms with van der Waals surface area (Å²) in [6, 6.07) is 13.4. The maximum Gasteiger partial charge on any atom is 0.319 e. The van der Waals surface area contributed by atoms with Crippen LogP contribution >= 0.6 is 0 Å². The zero-order chi connectivity index (χ0) is 15.9. The van der Waals surface area contributed by atoms with Crippen molar-refractivity contribution < 1.29 is 9.59 Å². The second kappa shape index (κ2) is 7.45. The summed E-state index contributed by atoms with van der Waals surface area (Å²) in [6.07, 6.45) is 0.265. The number of amides is 3. The van der Waals surface area contributed by atoms with Crippen LogP contribution in [0.15, 0.2) is 42.5 Å². The Morgan fingerprint density at radius 3 is 2.55 bits per heavy atom. The summed E-state index contributed by atoms with van der Waals surface area (Å²) in [5.74, 6) is -0.0690. The molecule has 0 saturated heterocycles. The second-order valence-corrected chi connectivity index (χ2v) is 5.38. The minimum Gasteiger partial charge on any atom is -0.354 e. The summed E-state index contributed by atoms with van der Waals surface area (Å²) in [5, 5.41) is 10.3. The van der Waals surface area contributed by atoms with Gasteiger partial charge < -0.3 is 16.0 Å². The molecule has 2 aromatic carbocycles. The highest BCUT2D eigenvalue weighted by Gasteiger charge is 2.07. The van der Waals surface area contributed by atoms with Crippen LogP contribution in [0.25, 0.3) is 10.8 Å². The highest BCUT2D eigenvalue weighted by Crippen LogP contribution is 2.22. The van der Waals surface area contributed by atoms with Crippen molar-refractivity contribution in [3.05, 3.63) is 42.5 Å². The maximum atomic E-state index is 11.9. The molecule has 0 atom stereocenters. The number of carbonyl (C=O) groups excluding carboxylic acids is 2. The summed E-state index contributed by atoms with van der Waals surface area (Å²) in [7, 11) is 0. The molecule has 0 fully saturated rings. The number of benzene rings is 2. The molecule has 0 aliphatic carbocycles. The Hall–Kier alpha value is -2.56. The van der Waals surface area contributed by atoms with E-state index in [4.69, 9.17) is 0 Å². The molecule has 22 heavy (non-hydrogen) atoms. The number of carbonyl (C=O) groups is 2. The fourth-order valence-corrected chi connectivity index (χ4v) is 2.18. The Morgan fingerprint density at radius 2 is 1.77 bits per heavy atom. The van der Waals surface area contributed by atoms with Gasteiger partial charge in [-0.15, -0.1) is 0 Å². The first-order valence-corrected chi connectivity index (χ1v) is 7.38. The van der Waals surface area contributed by atoms with Crippen molar-refractivity contribution >= 4 is 28.4 Å². The van der Waals surface area contributed by atoms with E-state index in [1.807, 2.05) is 56.3 Å². The first kappa shape index (κ1) is 15.8. The molecule has 0 heterocycles. The number of fused-ring (bicyclic) bond motifs is 1. The molecular formula is C17H21N3O2. The van der Waals surface area contributed by atoms with Gasteiger partial charge in [-0.3, -0.25) is 4.79 Å². The summed E-state index contributed by atoms with van der Waals surface area (Å²) >= 11 is 0. The molecule has 5 heteroatoms. The third-order valence-electron chi connectivity index (χ3n) is 3.13. The topological polar surface area (TPSA) is 70.2 Å². The minimum atomic E-state index is -0.311. The van der Waals surface area contributed by atoms with E-state index in [0.29, 0.717) is 6.54 Å². The van der Waals surface area contributed by atoms with Gasteiger partial charge >= 0.3 is 6.03 Å². The lowest BCUT2D eigenvalue weighted by atomic mass is 10.1. The third kappa shape index (κ3) is 4.48. The number of rotatable bonds is 5. The summed E-state index contributed by atoms with van der Waals surface area (Å²) < 4.78 is 0. The fraction of sp³-hybridized carbons (Fsp3) is 0.294. The average Bonchev–Trinajstić information content (AvgIpc) is 2.47. The molecule has 0 bridgehead atoms. The van der Waals surface area contributed by atoms with Crippen LogP contribution in [-0.4, -0.2) is 24.5 Å². The van der Waals surface area contributed by atoms with Crippen molar-refractivity contribution in [2.24, 2.45) is 0 Å². The first-order valence-electron chi connectivity index (χ1n) is 7.38. The molecule has 0 aliphatic heterocycles. The standard InChI is InChI=1S/C17H21N3O2/c1-12(2)19-16(21)10-11-18-17(22)20-15-9-5-7-13-6-3-4-8-14(13)15/h3-9,12H,10-11H2,1-2H3,(H,19,21)(H2,18,20,22). The molecule has 0 aliphatic rings. The van der Waals surface area contributed by atoms with E-state index < -0.39 is 0 Å². The van der Waals surface area contributed by atoms with Crippen LogP contribution < -0.4 is 16.0 Å². The number of hydrogen-bond acceptors (Lipinski definition) is 2. The fourth-order valence-electron chi connectivity index (χ4n) is 2.18. The molecule has 0 saturated carbocycles. The Kier molecular flexibility index (Phi) is 5.36. The number of anilines is 1. The second-order valence-electron chi connectivity index (χ2n) is 5.38. The molecule has 2 rings (SSSR count). The smallest absolute Gasteiger partial charge is 0.319 e. The van der Waals surface area contributed by atoms with Gasteiger partial charge in [-0.25, -0.2) is 4.79 Å². The van der Waals surface area contributed by atoms with Crippen LogP contribution in [0.5, 0.6) is 0 Å². The van der Waals surface area contributed by atoms with Crippen molar-refractivity contribution in [1.82, 2.24) is 10.6 Å². The highest BCUT2D eigenvalue weighted by atomic mass is 16.2. The summed E-state index contributed by atoms with van der Waals surface area (Å²) in [6.45, 7) is 4.10. The lowest BCUT2D eigenvalue weighted by molar-refractivity contribution is -0.121. The molecule has 3 amide bonds. The van der Waals surface area contributed by atoms with Gasteiger partial charge in [-0.2, -0.15) is 0 Å². The van der Waals surface area contributed by atoms with Gasteiger partial charge in [0.25, 0.3) is 0 Å². The van der Waals surface area contributed by atoms with Crippen LogP contribution in [0.1, 0.15) is 20.3 Å². The third-order valence-corrected chi connectivity index (χ3v) is 3.13. The number of nitrogens with one attached hydrogen (secondary N) is 3. The van der Waals surface area contributed by atoms with E-state index in [1.54, 1.807) is 0 Å². The van der Waals surface area contributed by atoms with E-state index in [0.717, 1.165) is 16.5 Å². The molecule has 0 aromatic heterocycles. The quantitative estimate of drug-likeness (QED) is 0.794. The van der Waals surface area contributed by atoms with Crippen LogP contribution in [0.3, 0.4) is 0 Å².